The summed E-state index contributed by atoms with van der Waals surface area (Å²) in [7, 11) is 0. The van der Waals surface area contributed by atoms with Crippen LogP contribution in [0.5, 0.6) is 0 Å². The van der Waals surface area contributed by atoms with Gasteiger partial charge in [-0.05, 0) is 5.92 Å². The lowest BCUT2D eigenvalue weighted by molar-refractivity contribution is 0.434. The van der Waals surface area contributed by atoms with E-state index in [0.717, 1.165) is 18.8 Å². The average Bonchev–Trinajstić information content (AvgIpc) is 2.59. The van der Waals surface area contributed by atoms with Crippen LogP contribution in [-0.2, 0) is 0 Å². The van der Waals surface area contributed by atoms with E-state index in [2.05, 4.69) is 20.8 Å². The van der Waals surface area contributed by atoms with Gasteiger partial charge in [0.25, 0.3) is 0 Å². The molecule has 2 radical (unpaired) electrons. The molecule has 0 N–H and O–H groups in total. The maximum Gasteiger partial charge on any atom is -0.0443 e. The first-order valence-corrected chi connectivity index (χ1v) is 11.4. The zero-order valence-electron chi connectivity index (χ0n) is 17.1. The number of hydrogen-bond donors (Lipinski definition) is 0. The smallest absolute Gasteiger partial charge is 0.0443 e. The SMILES string of the molecule is [CH2]CCCCCCCCCCCCCCCC(C)CCCCC[CH2]. The summed E-state index contributed by atoms with van der Waals surface area (Å²) in [5.74, 6) is 0.948. The van der Waals surface area contributed by atoms with Crippen molar-refractivity contribution in [3.05, 3.63) is 13.8 Å². The summed E-state index contributed by atoms with van der Waals surface area (Å²) in [6.07, 6.45) is 28.1. The predicted molar refractivity (Wildman–Crippen MR) is 112 cm³/mol. The Morgan fingerprint density at radius 2 is 0.667 bits per heavy atom. The lowest BCUT2D eigenvalue weighted by Crippen LogP contribution is -1.95. The van der Waals surface area contributed by atoms with Crippen LogP contribution >= 0.6 is 0 Å². The van der Waals surface area contributed by atoms with E-state index < -0.39 is 0 Å². The van der Waals surface area contributed by atoms with Crippen molar-refractivity contribution in [3.63, 3.8) is 0 Å². The van der Waals surface area contributed by atoms with Gasteiger partial charge in [-0.1, -0.05) is 149 Å². The van der Waals surface area contributed by atoms with Crippen LogP contribution in [-0.4, -0.2) is 0 Å². The molecule has 0 aromatic carbocycles. The van der Waals surface area contributed by atoms with Crippen molar-refractivity contribution in [2.45, 2.75) is 135 Å². The second-order valence-corrected chi connectivity index (χ2v) is 8.05. The fourth-order valence-corrected chi connectivity index (χ4v) is 3.60. The minimum Gasteiger partial charge on any atom is -0.0625 e. The normalized spacial score (nSPS) is 12.6. The maximum absolute atomic E-state index is 3.92. The van der Waals surface area contributed by atoms with Crippen molar-refractivity contribution >= 4 is 0 Å². The Balaban J connectivity index is 3.06. The molecule has 0 saturated heterocycles. The highest BCUT2D eigenvalue weighted by atomic mass is 14.1. The van der Waals surface area contributed by atoms with Crippen molar-refractivity contribution in [1.29, 1.82) is 0 Å². The molecule has 1 unspecified atom stereocenters. The molecule has 0 aromatic rings. The third-order valence-electron chi connectivity index (χ3n) is 5.39. The van der Waals surface area contributed by atoms with Gasteiger partial charge in [0.15, 0.2) is 0 Å². The molecular weight excluding hydrogens is 288 g/mol. The molecule has 0 aliphatic carbocycles. The zero-order chi connectivity index (χ0) is 17.7. The van der Waals surface area contributed by atoms with E-state index in [1.165, 1.54) is 116 Å². The number of unbranched alkanes of at least 4 members (excludes halogenated alkanes) is 16. The Bertz CT molecular complexity index is 208. The molecule has 0 aromatic heterocycles. The van der Waals surface area contributed by atoms with Crippen LogP contribution in [0.1, 0.15) is 135 Å². The lowest BCUT2D eigenvalue weighted by Gasteiger charge is -2.10. The van der Waals surface area contributed by atoms with Crippen LogP contribution in [0.15, 0.2) is 0 Å². The molecular formula is C24H48. The summed E-state index contributed by atoms with van der Waals surface area (Å²) in [4.78, 5) is 0. The molecule has 0 aliphatic rings. The van der Waals surface area contributed by atoms with Crippen molar-refractivity contribution in [2.24, 2.45) is 5.92 Å². The van der Waals surface area contributed by atoms with Gasteiger partial charge < -0.3 is 0 Å². The molecule has 0 heteroatoms. The van der Waals surface area contributed by atoms with Crippen LogP contribution in [0, 0.1) is 19.8 Å². The largest absolute Gasteiger partial charge is 0.0625 e. The Morgan fingerprint density at radius 3 is 1.00 bits per heavy atom. The number of hydrogen-bond acceptors (Lipinski definition) is 0. The Hall–Kier alpha value is 0. The van der Waals surface area contributed by atoms with E-state index in [-0.39, 0.29) is 0 Å². The van der Waals surface area contributed by atoms with Crippen LogP contribution in [0.3, 0.4) is 0 Å². The molecule has 0 rings (SSSR count). The van der Waals surface area contributed by atoms with E-state index in [1.54, 1.807) is 0 Å². The van der Waals surface area contributed by atoms with Gasteiger partial charge in [0.05, 0.1) is 0 Å². The van der Waals surface area contributed by atoms with Crippen LogP contribution in [0.25, 0.3) is 0 Å². The van der Waals surface area contributed by atoms with Gasteiger partial charge in [0.1, 0.15) is 0 Å². The van der Waals surface area contributed by atoms with Gasteiger partial charge >= 0.3 is 0 Å². The second-order valence-electron chi connectivity index (χ2n) is 8.05. The van der Waals surface area contributed by atoms with Crippen molar-refractivity contribution in [1.82, 2.24) is 0 Å². The van der Waals surface area contributed by atoms with Crippen LogP contribution < -0.4 is 0 Å². The van der Waals surface area contributed by atoms with Gasteiger partial charge in [-0.2, -0.15) is 0 Å². The van der Waals surface area contributed by atoms with Gasteiger partial charge in [-0.3, -0.25) is 0 Å². The molecule has 0 bridgehead atoms. The third-order valence-corrected chi connectivity index (χ3v) is 5.39. The molecule has 0 spiro atoms. The summed E-state index contributed by atoms with van der Waals surface area (Å²) in [6, 6.07) is 0. The summed E-state index contributed by atoms with van der Waals surface area (Å²) in [6.45, 7) is 10.3. The molecule has 0 nitrogen and oxygen atoms in total. The van der Waals surface area contributed by atoms with E-state index in [9.17, 15) is 0 Å². The van der Waals surface area contributed by atoms with E-state index in [0.29, 0.717) is 0 Å². The van der Waals surface area contributed by atoms with Gasteiger partial charge in [0.2, 0.25) is 0 Å². The highest BCUT2D eigenvalue weighted by molar-refractivity contribution is 4.56. The Labute approximate surface area is 155 Å². The molecule has 24 heavy (non-hydrogen) atoms. The maximum atomic E-state index is 3.92. The molecule has 0 aliphatic heterocycles. The van der Waals surface area contributed by atoms with Crippen LogP contribution in [0.4, 0.5) is 0 Å². The van der Waals surface area contributed by atoms with E-state index in [1.807, 2.05) is 0 Å². The molecule has 0 amide bonds. The molecule has 0 heterocycles. The molecule has 0 saturated carbocycles. The first-order chi connectivity index (χ1) is 11.8. The van der Waals surface area contributed by atoms with Gasteiger partial charge in [0, 0.05) is 0 Å². The third kappa shape index (κ3) is 20.0. The van der Waals surface area contributed by atoms with E-state index >= 15 is 0 Å². The summed E-state index contributed by atoms with van der Waals surface area (Å²) < 4.78 is 0. The molecule has 1 atom stereocenters. The predicted octanol–water partition coefficient (Wildman–Crippen LogP) is 9.09. The minimum atomic E-state index is 0.948. The molecule has 144 valence electrons. The lowest BCUT2D eigenvalue weighted by atomic mass is 9.96. The van der Waals surface area contributed by atoms with Gasteiger partial charge in [-0.15, -0.1) is 0 Å². The van der Waals surface area contributed by atoms with E-state index in [4.69, 9.17) is 0 Å². The fraction of sp³-hybridized carbons (Fsp3) is 0.917. The quantitative estimate of drug-likeness (QED) is 0.194. The highest BCUT2D eigenvalue weighted by Gasteiger charge is 2.01. The number of rotatable bonds is 20. The topological polar surface area (TPSA) is 0 Å². The first kappa shape index (κ1) is 24.0. The standard InChI is InChI=1S/C24H48/c1-4-6-8-10-11-12-13-14-15-16-17-18-19-21-23-24(3)22-20-9-7-5-2/h24H,1-2,4-23H2,3H3. The summed E-state index contributed by atoms with van der Waals surface area (Å²) >= 11 is 0. The first-order valence-electron chi connectivity index (χ1n) is 11.4. The monoisotopic (exact) mass is 336 g/mol. The zero-order valence-corrected chi connectivity index (χ0v) is 17.1. The molecule has 0 fully saturated rings. The van der Waals surface area contributed by atoms with Crippen molar-refractivity contribution in [3.8, 4) is 0 Å². The summed E-state index contributed by atoms with van der Waals surface area (Å²) in [5.41, 5.74) is 0. The van der Waals surface area contributed by atoms with Crippen molar-refractivity contribution < 1.29 is 0 Å². The Kier molecular flexibility index (Phi) is 21.0. The fourth-order valence-electron chi connectivity index (χ4n) is 3.60. The van der Waals surface area contributed by atoms with Crippen LogP contribution in [0.2, 0.25) is 0 Å². The average molecular weight is 337 g/mol. The second kappa shape index (κ2) is 21.0. The highest BCUT2D eigenvalue weighted by Crippen LogP contribution is 2.18. The Morgan fingerprint density at radius 1 is 0.417 bits per heavy atom. The van der Waals surface area contributed by atoms with Crippen molar-refractivity contribution in [2.75, 3.05) is 0 Å². The van der Waals surface area contributed by atoms with Gasteiger partial charge in [-0.25, -0.2) is 0 Å². The summed E-state index contributed by atoms with van der Waals surface area (Å²) in [5, 5.41) is 0. The minimum absolute atomic E-state index is 0.948.